The molecule has 0 aromatic rings. The second kappa shape index (κ2) is 6.41. The standard InChI is InChI=1S/C10H15BO6/c1-4-11-16-7(9(12)14-5-2)8(17-11)10(13)15-6-3/h4,7-8H,1,5-6H2,2-3H3/t7-,8-/m0/s1. The van der Waals surface area contributed by atoms with Gasteiger partial charge in [-0.25, -0.2) is 9.59 Å². The van der Waals surface area contributed by atoms with E-state index >= 15 is 0 Å². The van der Waals surface area contributed by atoms with Gasteiger partial charge in [0.1, 0.15) is 0 Å². The minimum Gasteiger partial charge on any atom is -0.464 e. The maximum atomic E-state index is 11.6. The average molecular weight is 242 g/mol. The summed E-state index contributed by atoms with van der Waals surface area (Å²) in [6.45, 7) is 7.20. The van der Waals surface area contributed by atoms with Crippen LogP contribution in [0.3, 0.4) is 0 Å². The van der Waals surface area contributed by atoms with Crippen molar-refractivity contribution >= 4 is 19.1 Å². The minimum atomic E-state index is -1.10. The first-order valence-electron chi connectivity index (χ1n) is 5.40. The largest absolute Gasteiger partial charge is 0.487 e. The number of carbonyl (C=O) groups excluding carboxylic acids is 2. The molecule has 0 bridgehead atoms. The van der Waals surface area contributed by atoms with Gasteiger partial charge in [-0.15, -0.1) is 6.58 Å². The predicted octanol–water partition coefficient (Wildman–Crippen LogP) is 0.110. The van der Waals surface area contributed by atoms with Gasteiger partial charge in [-0.1, -0.05) is 5.98 Å². The van der Waals surface area contributed by atoms with E-state index in [0.29, 0.717) is 0 Å². The van der Waals surface area contributed by atoms with Crippen molar-refractivity contribution < 1.29 is 28.4 Å². The molecule has 1 rings (SSSR count). The van der Waals surface area contributed by atoms with Crippen molar-refractivity contribution in [3.63, 3.8) is 0 Å². The summed E-state index contributed by atoms with van der Waals surface area (Å²) in [5.41, 5.74) is 0. The Morgan fingerprint density at radius 2 is 1.59 bits per heavy atom. The predicted molar refractivity (Wildman–Crippen MR) is 59.0 cm³/mol. The third kappa shape index (κ3) is 3.31. The van der Waals surface area contributed by atoms with Crippen LogP contribution < -0.4 is 0 Å². The van der Waals surface area contributed by atoms with E-state index in [1.54, 1.807) is 13.8 Å². The van der Waals surface area contributed by atoms with Gasteiger partial charge >= 0.3 is 19.1 Å². The molecule has 0 unspecified atom stereocenters. The molecule has 1 fully saturated rings. The van der Waals surface area contributed by atoms with Crippen molar-refractivity contribution in [1.29, 1.82) is 0 Å². The Morgan fingerprint density at radius 1 is 1.18 bits per heavy atom. The van der Waals surface area contributed by atoms with Crippen LogP contribution >= 0.6 is 0 Å². The van der Waals surface area contributed by atoms with E-state index in [9.17, 15) is 9.59 Å². The van der Waals surface area contributed by atoms with Gasteiger partial charge in [-0.2, -0.15) is 0 Å². The zero-order valence-corrected chi connectivity index (χ0v) is 9.88. The van der Waals surface area contributed by atoms with Crippen LogP contribution in [0, 0.1) is 0 Å². The number of hydrogen-bond acceptors (Lipinski definition) is 6. The molecule has 7 heteroatoms. The van der Waals surface area contributed by atoms with Crippen molar-refractivity contribution in [2.45, 2.75) is 26.1 Å². The van der Waals surface area contributed by atoms with Gasteiger partial charge in [0.05, 0.1) is 13.2 Å². The third-order valence-electron chi connectivity index (χ3n) is 2.07. The second-order valence-corrected chi connectivity index (χ2v) is 3.22. The van der Waals surface area contributed by atoms with E-state index in [2.05, 4.69) is 6.58 Å². The van der Waals surface area contributed by atoms with E-state index in [1.807, 2.05) is 0 Å². The monoisotopic (exact) mass is 242 g/mol. The number of carbonyl (C=O) groups is 2. The van der Waals surface area contributed by atoms with Crippen LogP contribution in [0.5, 0.6) is 0 Å². The van der Waals surface area contributed by atoms with Crippen LogP contribution in [0.4, 0.5) is 0 Å². The van der Waals surface area contributed by atoms with Gasteiger partial charge in [0.2, 0.25) is 0 Å². The van der Waals surface area contributed by atoms with Crippen LogP contribution in [-0.2, 0) is 28.4 Å². The van der Waals surface area contributed by atoms with Crippen molar-refractivity contribution in [3.8, 4) is 0 Å². The van der Waals surface area contributed by atoms with E-state index in [-0.39, 0.29) is 13.2 Å². The summed E-state index contributed by atoms with van der Waals surface area (Å²) >= 11 is 0. The first kappa shape index (κ1) is 13.7. The molecular weight excluding hydrogens is 227 g/mol. The lowest BCUT2D eigenvalue weighted by atomic mass is 9.92. The van der Waals surface area contributed by atoms with Crippen LogP contribution in [0.1, 0.15) is 13.8 Å². The Labute approximate surface area is 100.0 Å². The molecule has 0 aliphatic carbocycles. The molecule has 94 valence electrons. The van der Waals surface area contributed by atoms with Gasteiger partial charge in [0.15, 0.2) is 12.2 Å². The highest BCUT2D eigenvalue weighted by Gasteiger charge is 2.47. The molecule has 6 nitrogen and oxygen atoms in total. The van der Waals surface area contributed by atoms with E-state index in [4.69, 9.17) is 18.8 Å². The highest BCUT2D eigenvalue weighted by atomic mass is 16.7. The highest BCUT2D eigenvalue weighted by Crippen LogP contribution is 2.20. The summed E-state index contributed by atoms with van der Waals surface area (Å²) < 4.78 is 20.0. The zero-order chi connectivity index (χ0) is 12.8. The summed E-state index contributed by atoms with van der Waals surface area (Å²) in [5.74, 6) is 0.0654. The van der Waals surface area contributed by atoms with Gasteiger partial charge in [0, 0.05) is 0 Å². The maximum Gasteiger partial charge on any atom is 0.487 e. The molecule has 0 spiro atoms. The summed E-state index contributed by atoms with van der Waals surface area (Å²) in [5, 5.41) is 0. The Balaban J connectivity index is 2.73. The molecular formula is C10H15BO6. The van der Waals surface area contributed by atoms with Gasteiger partial charge < -0.3 is 18.8 Å². The van der Waals surface area contributed by atoms with E-state index in [0.717, 1.165) is 0 Å². The molecule has 1 saturated heterocycles. The number of ether oxygens (including phenoxy) is 2. The quantitative estimate of drug-likeness (QED) is 0.503. The molecule has 1 aliphatic heterocycles. The Bertz CT molecular complexity index is 279. The molecule has 17 heavy (non-hydrogen) atoms. The van der Waals surface area contributed by atoms with Crippen molar-refractivity contribution in [3.05, 3.63) is 12.6 Å². The molecule has 0 amide bonds. The second-order valence-electron chi connectivity index (χ2n) is 3.22. The van der Waals surface area contributed by atoms with Crippen LogP contribution in [-0.4, -0.2) is 44.5 Å². The summed E-state index contributed by atoms with van der Waals surface area (Å²) in [7, 11) is -0.807. The average Bonchev–Trinajstić information content (AvgIpc) is 2.73. The molecule has 2 atom stereocenters. The molecule has 1 heterocycles. The lowest BCUT2D eigenvalue weighted by molar-refractivity contribution is -0.163. The molecule has 0 saturated carbocycles. The first-order valence-corrected chi connectivity index (χ1v) is 5.40. The van der Waals surface area contributed by atoms with E-state index in [1.165, 1.54) is 5.98 Å². The van der Waals surface area contributed by atoms with Crippen molar-refractivity contribution in [1.82, 2.24) is 0 Å². The zero-order valence-electron chi connectivity index (χ0n) is 9.88. The number of hydrogen-bond donors (Lipinski definition) is 0. The number of rotatable bonds is 5. The molecule has 0 N–H and O–H groups in total. The fourth-order valence-corrected chi connectivity index (χ4v) is 1.38. The molecule has 0 aromatic carbocycles. The minimum absolute atomic E-state index is 0.201. The summed E-state index contributed by atoms with van der Waals surface area (Å²) in [6.07, 6.45) is -2.20. The van der Waals surface area contributed by atoms with Crippen molar-refractivity contribution in [2.24, 2.45) is 0 Å². The topological polar surface area (TPSA) is 71.1 Å². The van der Waals surface area contributed by atoms with Crippen LogP contribution in [0.15, 0.2) is 12.6 Å². The first-order chi connectivity index (χ1) is 8.13. The van der Waals surface area contributed by atoms with Gasteiger partial charge in [-0.3, -0.25) is 0 Å². The summed E-state index contributed by atoms with van der Waals surface area (Å²) in [6, 6.07) is 0. The van der Waals surface area contributed by atoms with Gasteiger partial charge in [-0.05, 0) is 13.8 Å². The highest BCUT2D eigenvalue weighted by molar-refractivity contribution is 6.52. The lowest BCUT2D eigenvalue weighted by Gasteiger charge is -2.15. The maximum absolute atomic E-state index is 11.6. The molecule has 1 aliphatic rings. The van der Waals surface area contributed by atoms with Crippen molar-refractivity contribution in [2.75, 3.05) is 13.2 Å². The normalized spacial score (nSPS) is 23.3. The SMILES string of the molecule is C=CB1O[C@H](C(=O)OCC)[C@@H](C(=O)OCC)O1. The fourth-order valence-electron chi connectivity index (χ4n) is 1.38. The lowest BCUT2D eigenvalue weighted by Crippen LogP contribution is -2.39. The van der Waals surface area contributed by atoms with Crippen LogP contribution in [0.25, 0.3) is 0 Å². The third-order valence-corrected chi connectivity index (χ3v) is 2.07. The molecule has 0 radical (unpaired) electrons. The van der Waals surface area contributed by atoms with Crippen LogP contribution in [0.2, 0.25) is 0 Å². The smallest absolute Gasteiger partial charge is 0.464 e. The Morgan fingerprint density at radius 3 is 1.88 bits per heavy atom. The Hall–Kier alpha value is -1.34. The van der Waals surface area contributed by atoms with Gasteiger partial charge in [0.25, 0.3) is 0 Å². The summed E-state index contributed by atoms with van der Waals surface area (Å²) in [4.78, 5) is 23.1. The number of esters is 2. The molecule has 0 aromatic heterocycles. The fraction of sp³-hybridized carbons (Fsp3) is 0.600. The van der Waals surface area contributed by atoms with E-state index < -0.39 is 31.3 Å². The Kier molecular flexibility index (Phi) is 5.18.